The van der Waals surface area contributed by atoms with E-state index in [1.165, 1.54) is 25.2 Å². The van der Waals surface area contributed by atoms with Gasteiger partial charge in [-0.1, -0.05) is 6.42 Å². The molecule has 0 aromatic rings. The number of fused-ring (bicyclic) bond motifs is 2. The average Bonchev–Trinajstić information content (AvgIpc) is 2.55. The fourth-order valence-electron chi connectivity index (χ4n) is 3.90. The van der Waals surface area contributed by atoms with Crippen LogP contribution in [-0.2, 0) is 0 Å². The Morgan fingerprint density at radius 1 is 0.909 bits per heavy atom. The van der Waals surface area contributed by atoms with Crippen molar-refractivity contribution in [2.24, 2.45) is 23.7 Å². The Morgan fingerprint density at radius 2 is 1.82 bits per heavy atom. The summed E-state index contributed by atoms with van der Waals surface area (Å²) in [5, 5.41) is 0. The molecule has 11 heavy (non-hydrogen) atoms. The summed E-state index contributed by atoms with van der Waals surface area (Å²) in [6, 6.07) is 0. The van der Waals surface area contributed by atoms with Gasteiger partial charge < -0.3 is 0 Å². The third kappa shape index (κ3) is 0.816. The smallest absolute Gasteiger partial charge is 0.0349 e. The van der Waals surface area contributed by atoms with Crippen LogP contribution < -0.4 is 0 Å². The Hall–Kier alpha value is 0. The summed E-state index contributed by atoms with van der Waals surface area (Å²) in [4.78, 5) is 0. The van der Waals surface area contributed by atoms with Gasteiger partial charge >= 0.3 is 0 Å². The van der Waals surface area contributed by atoms with E-state index in [4.69, 9.17) is 0 Å². The van der Waals surface area contributed by atoms with Crippen molar-refractivity contribution in [2.45, 2.75) is 38.5 Å². The van der Waals surface area contributed by atoms with Crippen LogP contribution in [0.2, 0.25) is 0 Å². The standard InChI is InChI=1S/C11H17/c1-2-10-8-4-6-9(7-5-8)11(10)3-1/h4,8-11H,1-3,5-7H2. The molecule has 4 aliphatic carbocycles. The lowest BCUT2D eigenvalue weighted by atomic mass is 9.60. The molecule has 4 unspecified atom stereocenters. The molecule has 0 aromatic carbocycles. The van der Waals surface area contributed by atoms with Crippen molar-refractivity contribution in [3.8, 4) is 0 Å². The minimum absolute atomic E-state index is 1.05. The van der Waals surface area contributed by atoms with Gasteiger partial charge in [-0.15, -0.1) is 0 Å². The van der Waals surface area contributed by atoms with E-state index in [0.717, 1.165) is 17.8 Å². The van der Waals surface area contributed by atoms with E-state index in [-0.39, 0.29) is 0 Å². The van der Waals surface area contributed by atoms with Crippen molar-refractivity contribution < 1.29 is 0 Å². The van der Waals surface area contributed by atoms with Gasteiger partial charge in [0.2, 0.25) is 0 Å². The monoisotopic (exact) mass is 149 g/mol. The Morgan fingerprint density at radius 3 is 2.55 bits per heavy atom. The van der Waals surface area contributed by atoms with E-state index in [9.17, 15) is 0 Å². The molecule has 0 N–H and O–H groups in total. The third-order valence-electron chi connectivity index (χ3n) is 4.39. The van der Waals surface area contributed by atoms with Crippen LogP contribution in [0.3, 0.4) is 0 Å². The van der Waals surface area contributed by atoms with Gasteiger partial charge in [-0.3, -0.25) is 0 Å². The van der Waals surface area contributed by atoms with E-state index in [2.05, 4.69) is 6.42 Å². The summed E-state index contributed by atoms with van der Waals surface area (Å²) in [6.07, 6.45) is 11.9. The lowest BCUT2D eigenvalue weighted by Crippen LogP contribution is -2.37. The summed E-state index contributed by atoms with van der Waals surface area (Å²) < 4.78 is 0. The van der Waals surface area contributed by atoms with Gasteiger partial charge in [0.1, 0.15) is 0 Å². The first-order valence-corrected chi connectivity index (χ1v) is 5.28. The minimum atomic E-state index is 1.05. The molecule has 4 aliphatic rings. The normalized spacial score (nSPS) is 54.5. The average molecular weight is 149 g/mol. The van der Waals surface area contributed by atoms with Gasteiger partial charge in [-0.05, 0) is 62.2 Å². The highest BCUT2D eigenvalue weighted by molar-refractivity contribution is 5.02. The molecule has 61 valence electrons. The second kappa shape index (κ2) is 2.24. The van der Waals surface area contributed by atoms with E-state index in [1.807, 2.05) is 0 Å². The van der Waals surface area contributed by atoms with Gasteiger partial charge in [-0.25, -0.2) is 0 Å². The Labute approximate surface area is 69.4 Å². The van der Waals surface area contributed by atoms with Gasteiger partial charge in [0.05, 0.1) is 0 Å². The van der Waals surface area contributed by atoms with E-state index in [1.54, 1.807) is 19.3 Å². The summed E-state index contributed by atoms with van der Waals surface area (Å²) in [5.74, 6) is 4.47. The molecule has 2 bridgehead atoms. The largest absolute Gasteiger partial charge is 0.0527 e. The zero-order chi connectivity index (χ0) is 7.26. The van der Waals surface area contributed by atoms with Crippen molar-refractivity contribution in [3.63, 3.8) is 0 Å². The second-order valence-electron chi connectivity index (χ2n) is 4.73. The third-order valence-corrected chi connectivity index (χ3v) is 4.39. The molecule has 0 amide bonds. The number of hydrogen-bond donors (Lipinski definition) is 0. The second-order valence-corrected chi connectivity index (χ2v) is 4.73. The van der Waals surface area contributed by atoms with E-state index < -0.39 is 0 Å². The summed E-state index contributed by atoms with van der Waals surface area (Å²) in [5.41, 5.74) is 0. The van der Waals surface area contributed by atoms with Gasteiger partial charge in [0.15, 0.2) is 0 Å². The molecule has 0 spiro atoms. The first-order chi connectivity index (χ1) is 5.45. The van der Waals surface area contributed by atoms with Crippen molar-refractivity contribution in [1.29, 1.82) is 0 Å². The fraction of sp³-hybridized carbons (Fsp3) is 0.909. The molecular weight excluding hydrogens is 132 g/mol. The maximum atomic E-state index is 2.64. The summed E-state index contributed by atoms with van der Waals surface area (Å²) in [7, 11) is 0. The van der Waals surface area contributed by atoms with E-state index >= 15 is 0 Å². The van der Waals surface area contributed by atoms with Crippen LogP contribution in [-0.4, -0.2) is 0 Å². The molecule has 0 aliphatic heterocycles. The summed E-state index contributed by atoms with van der Waals surface area (Å²) in [6.45, 7) is 0. The highest BCUT2D eigenvalue weighted by atomic mass is 14.5. The molecule has 4 saturated carbocycles. The molecule has 0 nitrogen and oxygen atoms in total. The molecule has 0 saturated heterocycles. The predicted octanol–water partition coefficient (Wildman–Crippen LogP) is 3.04. The zero-order valence-electron chi connectivity index (χ0n) is 7.13. The highest BCUT2D eigenvalue weighted by Crippen LogP contribution is 2.54. The van der Waals surface area contributed by atoms with E-state index in [0.29, 0.717) is 0 Å². The number of rotatable bonds is 0. The van der Waals surface area contributed by atoms with Crippen molar-refractivity contribution in [2.75, 3.05) is 0 Å². The topological polar surface area (TPSA) is 0 Å². The van der Waals surface area contributed by atoms with Crippen LogP contribution in [0.25, 0.3) is 0 Å². The predicted molar refractivity (Wildman–Crippen MR) is 46.0 cm³/mol. The number of hydrogen-bond acceptors (Lipinski definition) is 0. The maximum absolute atomic E-state index is 2.64. The van der Waals surface area contributed by atoms with Crippen molar-refractivity contribution in [1.82, 2.24) is 0 Å². The summed E-state index contributed by atoms with van der Waals surface area (Å²) >= 11 is 0. The Bertz CT molecular complexity index is 135. The van der Waals surface area contributed by atoms with Crippen molar-refractivity contribution >= 4 is 0 Å². The quantitative estimate of drug-likeness (QED) is 0.496. The van der Waals surface area contributed by atoms with Gasteiger partial charge in [-0.2, -0.15) is 0 Å². The van der Waals surface area contributed by atoms with Crippen LogP contribution in [0, 0.1) is 30.1 Å². The highest BCUT2D eigenvalue weighted by Gasteiger charge is 2.45. The fourth-order valence-corrected chi connectivity index (χ4v) is 3.90. The Balaban J connectivity index is 1.89. The van der Waals surface area contributed by atoms with Crippen LogP contribution in [0.5, 0.6) is 0 Å². The van der Waals surface area contributed by atoms with Crippen molar-refractivity contribution in [3.05, 3.63) is 6.42 Å². The lowest BCUT2D eigenvalue weighted by molar-refractivity contribution is 0.0863. The molecule has 4 atom stereocenters. The molecule has 0 aromatic heterocycles. The molecular formula is C11H17. The molecule has 1 radical (unpaired) electrons. The van der Waals surface area contributed by atoms with Crippen LogP contribution in [0.1, 0.15) is 38.5 Å². The first kappa shape index (κ1) is 6.51. The van der Waals surface area contributed by atoms with Crippen LogP contribution >= 0.6 is 0 Å². The van der Waals surface area contributed by atoms with Gasteiger partial charge in [0.25, 0.3) is 0 Å². The Kier molecular flexibility index (Phi) is 1.33. The van der Waals surface area contributed by atoms with Crippen LogP contribution in [0.15, 0.2) is 0 Å². The minimum Gasteiger partial charge on any atom is -0.0527 e. The molecule has 0 heterocycles. The van der Waals surface area contributed by atoms with Gasteiger partial charge in [0, 0.05) is 0 Å². The molecule has 4 rings (SSSR count). The molecule has 0 heteroatoms. The zero-order valence-corrected chi connectivity index (χ0v) is 7.13. The lowest BCUT2D eigenvalue weighted by Gasteiger charge is -2.45. The molecule has 4 fully saturated rings. The first-order valence-electron chi connectivity index (χ1n) is 5.28. The SMILES string of the molecule is [CH]1CC2CCC1C1CCCC21. The van der Waals surface area contributed by atoms with Crippen LogP contribution in [0.4, 0.5) is 0 Å². The maximum Gasteiger partial charge on any atom is -0.0349 e.